The molecule has 0 bridgehead atoms. The second-order valence-electron chi connectivity index (χ2n) is 4.84. The van der Waals surface area contributed by atoms with Gasteiger partial charge < -0.3 is 10.1 Å². The van der Waals surface area contributed by atoms with Gasteiger partial charge in [0.15, 0.2) is 0 Å². The molecule has 2 rings (SSSR count). The largest absolute Gasteiger partial charge is 0.469 e. The highest BCUT2D eigenvalue weighted by Gasteiger charge is 2.20. The van der Waals surface area contributed by atoms with Crippen LogP contribution < -0.4 is 5.32 Å². The highest BCUT2D eigenvalue weighted by molar-refractivity contribution is 7.11. The number of rotatable bonds is 7. The molecule has 1 N–H and O–H groups in total. The molecule has 1 aromatic carbocycles. The summed E-state index contributed by atoms with van der Waals surface area (Å²) in [7, 11) is 1.44. The second kappa shape index (κ2) is 7.96. The molecule has 2 aromatic rings. The van der Waals surface area contributed by atoms with Crippen molar-refractivity contribution in [1.82, 2.24) is 5.32 Å². The molecule has 4 heteroatoms. The predicted octanol–water partition coefficient (Wildman–Crippen LogP) is 3.36. The molecule has 0 spiro atoms. The number of nitrogens with one attached hydrogen (secondary N) is 1. The van der Waals surface area contributed by atoms with Crippen LogP contribution in [0, 0.1) is 0 Å². The van der Waals surface area contributed by atoms with Gasteiger partial charge in [0.2, 0.25) is 0 Å². The average molecular weight is 303 g/mol. The Labute approximate surface area is 130 Å². The van der Waals surface area contributed by atoms with Gasteiger partial charge >= 0.3 is 5.97 Å². The Morgan fingerprint density at radius 3 is 2.52 bits per heavy atom. The molecule has 1 heterocycles. The topological polar surface area (TPSA) is 38.3 Å². The summed E-state index contributed by atoms with van der Waals surface area (Å²) in [5.41, 5.74) is 0.984. The summed E-state index contributed by atoms with van der Waals surface area (Å²) in [4.78, 5) is 14.6. The van der Waals surface area contributed by atoms with E-state index < -0.39 is 0 Å². The van der Waals surface area contributed by atoms with Crippen LogP contribution in [0.4, 0.5) is 0 Å². The molecule has 0 aliphatic carbocycles. The van der Waals surface area contributed by atoms with Crippen molar-refractivity contribution in [3.63, 3.8) is 0 Å². The monoisotopic (exact) mass is 303 g/mol. The first-order chi connectivity index (χ1) is 10.2. The van der Waals surface area contributed by atoms with E-state index in [1.165, 1.54) is 16.9 Å². The molecule has 0 fully saturated rings. The van der Waals surface area contributed by atoms with Crippen molar-refractivity contribution in [2.75, 3.05) is 13.7 Å². The Bertz CT molecular complexity index is 565. The van der Waals surface area contributed by atoms with Gasteiger partial charge in [-0.3, -0.25) is 4.79 Å². The highest BCUT2D eigenvalue weighted by Crippen LogP contribution is 2.19. The third kappa shape index (κ3) is 4.41. The molecule has 0 saturated heterocycles. The Morgan fingerprint density at radius 1 is 1.19 bits per heavy atom. The van der Waals surface area contributed by atoms with Crippen LogP contribution in [-0.2, 0) is 22.5 Å². The van der Waals surface area contributed by atoms with Crippen LogP contribution in [0.25, 0.3) is 0 Å². The lowest BCUT2D eigenvalue weighted by Crippen LogP contribution is -2.27. The van der Waals surface area contributed by atoms with Crippen LogP contribution in [0.1, 0.15) is 28.2 Å². The van der Waals surface area contributed by atoms with Crippen molar-refractivity contribution in [2.24, 2.45) is 0 Å². The zero-order chi connectivity index (χ0) is 15.1. The summed E-state index contributed by atoms with van der Waals surface area (Å²) in [6.07, 6.45) is 1.07. The summed E-state index contributed by atoms with van der Waals surface area (Å²) in [5.74, 6) is -0.462. The van der Waals surface area contributed by atoms with Gasteiger partial charge in [0, 0.05) is 22.8 Å². The van der Waals surface area contributed by atoms with Crippen LogP contribution in [0.2, 0.25) is 0 Å². The highest BCUT2D eigenvalue weighted by atomic mass is 32.1. The number of aryl methyl sites for hydroxylation is 1. The number of carbonyl (C=O) groups is 1. The van der Waals surface area contributed by atoms with Crippen molar-refractivity contribution >= 4 is 17.3 Å². The lowest BCUT2D eigenvalue weighted by molar-refractivity contribution is -0.142. The first-order valence-electron chi connectivity index (χ1n) is 7.15. The molecular formula is C17H21NO2S. The minimum atomic E-state index is -0.262. The van der Waals surface area contributed by atoms with Crippen LogP contribution in [0.3, 0.4) is 0 Å². The number of hydrogen-bond donors (Lipinski definition) is 1. The maximum Gasteiger partial charge on any atom is 0.314 e. The molecule has 21 heavy (non-hydrogen) atoms. The first kappa shape index (κ1) is 15.7. The molecule has 1 atom stereocenters. The molecule has 0 aliphatic rings. The van der Waals surface area contributed by atoms with E-state index in [-0.39, 0.29) is 11.9 Å². The van der Waals surface area contributed by atoms with Crippen LogP contribution in [-0.4, -0.2) is 19.6 Å². The van der Waals surface area contributed by atoms with E-state index in [1.54, 1.807) is 0 Å². The quantitative estimate of drug-likeness (QED) is 0.797. The van der Waals surface area contributed by atoms with E-state index in [4.69, 9.17) is 4.74 Å². The number of thiophene rings is 1. The summed E-state index contributed by atoms with van der Waals surface area (Å²) in [5, 5.41) is 3.36. The third-order valence-corrected chi connectivity index (χ3v) is 4.63. The smallest absolute Gasteiger partial charge is 0.314 e. The summed E-state index contributed by atoms with van der Waals surface area (Å²) in [6.45, 7) is 3.52. The van der Waals surface area contributed by atoms with Crippen molar-refractivity contribution < 1.29 is 9.53 Å². The number of esters is 1. The van der Waals surface area contributed by atoms with E-state index in [1.807, 2.05) is 41.7 Å². The minimum absolute atomic E-state index is 0.200. The van der Waals surface area contributed by atoms with E-state index >= 15 is 0 Å². The van der Waals surface area contributed by atoms with E-state index in [0.29, 0.717) is 6.54 Å². The van der Waals surface area contributed by atoms with Crippen LogP contribution >= 0.6 is 11.3 Å². The van der Waals surface area contributed by atoms with Crippen molar-refractivity contribution in [1.29, 1.82) is 0 Å². The van der Waals surface area contributed by atoms with Gasteiger partial charge in [-0.1, -0.05) is 37.3 Å². The first-order valence-corrected chi connectivity index (χ1v) is 7.97. The molecule has 1 aromatic heterocycles. The number of carbonyl (C=O) groups excluding carboxylic acids is 1. The average Bonchev–Trinajstić information content (AvgIpc) is 2.99. The van der Waals surface area contributed by atoms with Gasteiger partial charge in [-0.2, -0.15) is 0 Å². The fourth-order valence-corrected chi connectivity index (χ4v) is 3.14. The predicted molar refractivity (Wildman–Crippen MR) is 86.6 cm³/mol. The van der Waals surface area contributed by atoms with Crippen molar-refractivity contribution in [2.45, 2.75) is 25.8 Å². The van der Waals surface area contributed by atoms with E-state index in [9.17, 15) is 4.79 Å². The van der Waals surface area contributed by atoms with Gasteiger partial charge in [0.1, 0.15) is 0 Å². The molecular weight excluding hydrogens is 282 g/mol. The Hall–Kier alpha value is -1.65. The fraction of sp³-hybridized carbons (Fsp3) is 0.353. The van der Waals surface area contributed by atoms with Crippen LogP contribution in [0.15, 0.2) is 42.5 Å². The molecule has 0 aliphatic heterocycles. The number of methoxy groups -OCH3 is 1. The standard InChI is InChI=1S/C17H21NO2S/c1-3-14-9-10-15(21-14)11-18-12-16(17(19)20-2)13-7-5-4-6-8-13/h4-10,16,18H,3,11-12H2,1-2H3. The lowest BCUT2D eigenvalue weighted by Gasteiger charge is -2.15. The van der Waals surface area contributed by atoms with Crippen molar-refractivity contribution in [3.05, 3.63) is 57.8 Å². The summed E-state index contributed by atoms with van der Waals surface area (Å²) >= 11 is 1.82. The van der Waals surface area contributed by atoms with Crippen LogP contribution in [0.5, 0.6) is 0 Å². The molecule has 0 radical (unpaired) electrons. The molecule has 3 nitrogen and oxygen atoms in total. The number of benzene rings is 1. The fourth-order valence-electron chi connectivity index (χ4n) is 2.21. The molecule has 0 amide bonds. The zero-order valence-corrected chi connectivity index (χ0v) is 13.3. The lowest BCUT2D eigenvalue weighted by atomic mass is 9.99. The normalized spacial score (nSPS) is 12.1. The zero-order valence-electron chi connectivity index (χ0n) is 12.5. The molecule has 1 unspecified atom stereocenters. The minimum Gasteiger partial charge on any atom is -0.469 e. The number of ether oxygens (including phenoxy) is 1. The Balaban J connectivity index is 1.95. The SMILES string of the molecule is CCc1ccc(CNCC(C(=O)OC)c2ccccc2)s1. The van der Waals surface area contributed by atoms with Gasteiger partial charge in [-0.15, -0.1) is 11.3 Å². The molecule has 112 valence electrons. The van der Waals surface area contributed by atoms with Gasteiger partial charge in [-0.25, -0.2) is 0 Å². The second-order valence-corrected chi connectivity index (χ2v) is 6.09. The summed E-state index contributed by atoms with van der Waals surface area (Å²) in [6, 6.07) is 14.1. The molecule has 0 saturated carbocycles. The third-order valence-electron chi connectivity index (χ3n) is 3.40. The van der Waals surface area contributed by atoms with Gasteiger partial charge in [0.05, 0.1) is 13.0 Å². The maximum absolute atomic E-state index is 11.9. The van der Waals surface area contributed by atoms with Crippen molar-refractivity contribution in [3.8, 4) is 0 Å². The summed E-state index contributed by atoms with van der Waals surface area (Å²) < 4.78 is 4.91. The Morgan fingerprint density at radius 2 is 1.90 bits per heavy atom. The number of hydrogen-bond acceptors (Lipinski definition) is 4. The van der Waals surface area contributed by atoms with Gasteiger partial charge in [0.25, 0.3) is 0 Å². The maximum atomic E-state index is 11.9. The van der Waals surface area contributed by atoms with E-state index in [2.05, 4.69) is 24.4 Å². The Kier molecular flexibility index (Phi) is 5.96. The van der Waals surface area contributed by atoms with E-state index in [0.717, 1.165) is 18.5 Å². The van der Waals surface area contributed by atoms with Gasteiger partial charge in [-0.05, 0) is 24.1 Å².